The summed E-state index contributed by atoms with van der Waals surface area (Å²) in [5, 5.41) is 11.4. The van der Waals surface area contributed by atoms with Gasteiger partial charge in [-0.05, 0) is 50.3 Å². The molecule has 3 rings (SSSR count). The van der Waals surface area contributed by atoms with Gasteiger partial charge in [-0.25, -0.2) is 9.49 Å². The molecule has 1 aromatic heterocycles. The smallest absolute Gasteiger partial charge is 0.216 e. The van der Waals surface area contributed by atoms with Crippen molar-refractivity contribution < 1.29 is 9.13 Å². The molecule has 0 radical (unpaired) electrons. The molecule has 5 nitrogen and oxygen atoms in total. The van der Waals surface area contributed by atoms with Gasteiger partial charge in [0.2, 0.25) is 4.77 Å². The Balaban J connectivity index is 2.00. The minimum Gasteiger partial charge on any atom is -0.491 e. The molecule has 0 aliphatic heterocycles. The molecule has 26 heavy (non-hydrogen) atoms. The third-order valence-corrected chi connectivity index (χ3v) is 4.01. The first-order valence-electron chi connectivity index (χ1n) is 7.88. The lowest BCUT2D eigenvalue weighted by molar-refractivity contribution is 0.242. The van der Waals surface area contributed by atoms with E-state index in [0.29, 0.717) is 11.6 Å². The third-order valence-electron chi connectivity index (χ3n) is 3.42. The van der Waals surface area contributed by atoms with Gasteiger partial charge in [0.05, 0.1) is 17.3 Å². The number of nitrogens with one attached hydrogen (secondary N) is 1. The Bertz CT molecular complexity index is 992. The van der Waals surface area contributed by atoms with Gasteiger partial charge in [-0.3, -0.25) is 0 Å². The predicted octanol–water partition coefficient (Wildman–Crippen LogP) is 5.07. The average Bonchev–Trinajstić information content (AvgIpc) is 2.95. The Morgan fingerprint density at radius 1 is 1.31 bits per heavy atom. The van der Waals surface area contributed by atoms with Crippen LogP contribution >= 0.6 is 23.8 Å². The molecule has 0 unspecified atom stereocenters. The number of nitrogens with zero attached hydrogens (tertiary/aromatic N) is 3. The molecule has 0 aliphatic rings. The highest BCUT2D eigenvalue weighted by Gasteiger charge is 2.11. The third kappa shape index (κ3) is 4.00. The molecule has 1 N–H and O–H groups in total. The number of hydrogen-bond acceptors (Lipinski definition) is 4. The zero-order valence-corrected chi connectivity index (χ0v) is 15.7. The molecule has 0 amide bonds. The van der Waals surface area contributed by atoms with Crippen molar-refractivity contribution in [2.45, 2.75) is 20.0 Å². The van der Waals surface area contributed by atoms with Gasteiger partial charge < -0.3 is 4.74 Å². The number of aromatic nitrogens is 3. The molecule has 0 saturated heterocycles. The van der Waals surface area contributed by atoms with E-state index >= 15 is 0 Å². The molecule has 0 saturated carbocycles. The highest BCUT2D eigenvalue weighted by molar-refractivity contribution is 7.71. The molecular formula is C18H16ClFN4OS. The summed E-state index contributed by atoms with van der Waals surface area (Å²) < 4.78 is 21.3. The maximum atomic E-state index is 13.9. The van der Waals surface area contributed by atoms with Crippen molar-refractivity contribution in [2.24, 2.45) is 5.10 Å². The van der Waals surface area contributed by atoms with Gasteiger partial charge in [-0.2, -0.15) is 14.9 Å². The Morgan fingerprint density at radius 2 is 2.08 bits per heavy atom. The molecule has 1 heterocycles. The molecule has 2 aromatic carbocycles. The van der Waals surface area contributed by atoms with Crippen molar-refractivity contribution in [1.29, 1.82) is 0 Å². The Kier molecular flexibility index (Phi) is 5.49. The van der Waals surface area contributed by atoms with E-state index in [0.717, 1.165) is 5.56 Å². The summed E-state index contributed by atoms with van der Waals surface area (Å²) in [4.78, 5) is 0. The predicted molar refractivity (Wildman–Crippen MR) is 103 cm³/mol. The number of H-pyrrole nitrogens is 1. The maximum absolute atomic E-state index is 13.9. The first-order valence-corrected chi connectivity index (χ1v) is 8.67. The lowest BCUT2D eigenvalue weighted by Gasteiger charge is -2.10. The van der Waals surface area contributed by atoms with Crippen LogP contribution in [0.2, 0.25) is 5.02 Å². The monoisotopic (exact) mass is 390 g/mol. The minimum absolute atomic E-state index is 0.0484. The normalized spacial score (nSPS) is 11.4. The number of rotatable bonds is 5. The van der Waals surface area contributed by atoms with Crippen LogP contribution in [0.5, 0.6) is 5.75 Å². The maximum Gasteiger partial charge on any atom is 0.216 e. The van der Waals surface area contributed by atoms with E-state index in [9.17, 15) is 4.39 Å². The van der Waals surface area contributed by atoms with E-state index < -0.39 is 5.82 Å². The van der Waals surface area contributed by atoms with Gasteiger partial charge in [0.1, 0.15) is 11.6 Å². The van der Waals surface area contributed by atoms with Crippen molar-refractivity contribution in [1.82, 2.24) is 14.9 Å². The lowest BCUT2D eigenvalue weighted by atomic mass is 10.2. The van der Waals surface area contributed by atoms with Gasteiger partial charge >= 0.3 is 0 Å². The summed E-state index contributed by atoms with van der Waals surface area (Å²) in [5.74, 6) is 0.720. The summed E-state index contributed by atoms with van der Waals surface area (Å²) in [6, 6.07) is 11.9. The zero-order chi connectivity index (χ0) is 18.7. The number of aromatic amines is 1. The summed E-state index contributed by atoms with van der Waals surface area (Å²) in [7, 11) is 0. The van der Waals surface area contributed by atoms with Crippen molar-refractivity contribution >= 4 is 30.0 Å². The molecule has 0 aliphatic carbocycles. The highest BCUT2D eigenvalue weighted by atomic mass is 35.5. The van der Waals surface area contributed by atoms with Crippen molar-refractivity contribution in [3.05, 3.63) is 63.6 Å². The molecule has 0 fully saturated rings. The van der Waals surface area contributed by atoms with Crippen LogP contribution in [0, 0.1) is 10.6 Å². The summed E-state index contributed by atoms with van der Waals surface area (Å²) in [6.45, 7) is 3.90. The fourth-order valence-electron chi connectivity index (χ4n) is 2.32. The van der Waals surface area contributed by atoms with E-state index in [1.165, 1.54) is 23.0 Å². The van der Waals surface area contributed by atoms with E-state index in [2.05, 4.69) is 15.3 Å². The molecular weight excluding hydrogens is 375 g/mol. The van der Waals surface area contributed by atoms with Crippen LogP contribution in [0.1, 0.15) is 19.4 Å². The van der Waals surface area contributed by atoms with Gasteiger partial charge in [-0.15, -0.1) is 0 Å². The first kappa shape index (κ1) is 18.3. The molecule has 134 valence electrons. The average molecular weight is 391 g/mol. The van der Waals surface area contributed by atoms with E-state index in [1.807, 2.05) is 38.1 Å². The first-order chi connectivity index (χ1) is 12.5. The molecule has 0 atom stereocenters. The van der Waals surface area contributed by atoms with Gasteiger partial charge in [0, 0.05) is 11.1 Å². The van der Waals surface area contributed by atoms with Crippen LogP contribution in [0.25, 0.3) is 11.4 Å². The second-order valence-electron chi connectivity index (χ2n) is 5.74. The van der Waals surface area contributed by atoms with Gasteiger partial charge in [0.15, 0.2) is 5.82 Å². The van der Waals surface area contributed by atoms with Crippen LogP contribution in [-0.2, 0) is 0 Å². The fourth-order valence-corrected chi connectivity index (χ4v) is 2.71. The fraction of sp³-hybridized carbons (Fsp3) is 0.167. The molecule has 0 spiro atoms. The molecule has 3 aromatic rings. The summed E-state index contributed by atoms with van der Waals surface area (Å²) >= 11 is 11.3. The summed E-state index contributed by atoms with van der Waals surface area (Å²) in [5.41, 5.74) is 0.937. The van der Waals surface area contributed by atoms with E-state index in [1.54, 1.807) is 6.07 Å². The Morgan fingerprint density at radius 3 is 2.81 bits per heavy atom. The van der Waals surface area contributed by atoms with Crippen LogP contribution < -0.4 is 4.74 Å². The second kappa shape index (κ2) is 7.80. The summed E-state index contributed by atoms with van der Waals surface area (Å²) in [6.07, 6.45) is 1.37. The number of hydrogen-bond donors (Lipinski definition) is 1. The topological polar surface area (TPSA) is 55.2 Å². The largest absolute Gasteiger partial charge is 0.491 e. The van der Waals surface area contributed by atoms with Crippen LogP contribution in [0.3, 0.4) is 0 Å². The minimum atomic E-state index is -0.467. The second-order valence-corrected chi connectivity index (χ2v) is 6.53. The molecule has 8 heteroatoms. The van der Waals surface area contributed by atoms with Crippen LogP contribution in [0.4, 0.5) is 4.39 Å². The van der Waals surface area contributed by atoms with Crippen LogP contribution in [0.15, 0.2) is 47.6 Å². The number of benzene rings is 2. The number of ether oxygens (including phenoxy) is 1. The lowest BCUT2D eigenvalue weighted by Crippen LogP contribution is -2.05. The molecule has 0 bridgehead atoms. The van der Waals surface area contributed by atoms with Crippen molar-refractivity contribution in [2.75, 3.05) is 0 Å². The van der Waals surface area contributed by atoms with Crippen molar-refractivity contribution in [3.63, 3.8) is 0 Å². The zero-order valence-electron chi connectivity index (χ0n) is 14.1. The Labute approximate surface area is 160 Å². The number of halogens is 2. The van der Waals surface area contributed by atoms with Crippen molar-refractivity contribution in [3.8, 4) is 17.1 Å². The quantitative estimate of drug-likeness (QED) is 0.488. The van der Waals surface area contributed by atoms with Crippen LogP contribution in [-0.4, -0.2) is 27.2 Å². The van der Waals surface area contributed by atoms with Gasteiger partial charge in [-0.1, -0.05) is 29.8 Å². The van der Waals surface area contributed by atoms with E-state index in [4.69, 9.17) is 28.6 Å². The van der Waals surface area contributed by atoms with E-state index in [-0.39, 0.29) is 21.5 Å². The highest BCUT2D eigenvalue weighted by Crippen LogP contribution is 2.23. The Hall–Kier alpha value is -2.51. The SMILES string of the molecule is CC(C)Oc1cccc(-c2n[nH]c(=S)n2/N=C/c2c(F)cccc2Cl)c1. The van der Waals surface area contributed by atoms with Gasteiger partial charge in [0.25, 0.3) is 0 Å². The standard InChI is InChI=1S/C18H16ClFN4OS/c1-11(2)25-13-6-3-5-12(9-13)17-22-23-18(26)24(17)21-10-14-15(19)7-4-8-16(14)20/h3-11H,1-2H3,(H,23,26)/b21-10+.